The van der Waals surface area contributed by atoms with Crippen LogP contribution < -0.4 is 5.32 Å². The van der Waals surface area contributed by atoms with Crippen molar-refractivity contribution in [2.75, 3.05) is 33.2 Å². The van der Waals surface area contributed by atoms with Crippen LogP contribution in [0.25, 0.3) is 0 Å². The quantitative estimate of drug-likeness (QED) is 0.789. The van der Waals surface area contributed by atoms with Crippen molar-refractivity contribution in [2.45, 2.75) is 31.7 Å². The first-order valence-corrected chi connectivity index (χ1v) is 9.96. The number of likely N-dealkylation sites (tertiary alicyclic amines) is 2. The summed E-state index contributed by atoms with van der Waals surface area (Å²) in [6.07, 6.45) is 3.60. The predicted octanol–water partition coefficient (Wildman–Crippen LogP) is 3.48. The van der Waals surface area contributed by atoms with E-state index in [1.165, 1.54) is 0 Å². The molecule has 2 saturated heterocycles. The Hall–Kier alpha value is -1.01. The molecule has 5 nitrogen and oxygen atoms in total. The number of benzene rings is 1. The summed E-state index contributed by atoms with van der Waals surface area (Å²) in [4.78, 5) is 29.5. The van der Waals surface area contributed by atoms with Crippen LogP contribution in [-0.2, 0) is 4.79 Å². The van der Waals surface area contributed by atoms with E-state index in [2.05, 4.69) is 5.32 Å². The van der Waals surface area contributed by atoms with Gasteiger partial charge in [-0.25, -0.2) is 0 Å². The molecule has 150 valence electrons. The van der Waals surface area contributed by atoms with Gasteiger partial charge in [0.2, 0.25) is 5.91 Å². The Labute approximate surface area is 176 Å². The molecule has 0 bridgehead atoms. The average Bonchev–Trinajstić information content (AvgIpc) is 3.13. The molecule has 0 aliphatic carbocycles. The Kier molecular flexibility index (Phi) is 8.22. The second-order valence-electron chi connectivity index (χ2n) is 7.11. The zero-order valence-corrected chi connectivity index (χ0v) is 17.7. The molecule has 1 aromatic rings. The summed E-state index contributed by atoms with van der Waals surface area (Å²) < 4.78 is 0. The summed E-state index contributed by atoms with van der Waals surface area (Å²) in [5.74, 6) is 0.560. The number of hydrogen-bond donors (Lipinski definition) is 1. The summed E-state index contributed by atoms with van der Waals surface area (Å²) in [6.45, 7) is 3.14. The fourth-order valence-corrected chi connectivity index (χ4v) is 4.22. The number of halogens is 3. The molecule has 27 heavy (non-hydrogen) atoms. The van der Waals surface area contributed by atoms with Gasteiger partial charge in [0.25, 0.3) is 5.91 Å². The van der Waals surface area contributed by atoms with E-state index in [1.54, 1.807) is 23.1 Å². The zero-order valence-electron chi connectivity index (χ0n) is 15.4. The standard InChI is InChI=1S/C19H25Cl2N3O2.ClH/c1-22-12-13-6-9-23(10-7-13)19(26)17-3-2-8-24(17)18(25)14-4-5-15(20)16(21)11-14;/h4-5,11,13,17,22H,2-3,6-10,12H2,1H3;1H. The van der Waals surface area contributed by atoms with Crippen LogP contribution in [0, 0.1) is 5.92 Å². The fraction of sp³-hybridized carbons (Fsp3) is 0.579. The first-order chi connectivity index (χ1) is 12.5. The van der Waals surface area contributed by atoms with Gasteiger partial charge in [-0.1, -0.05) is 23.2 Å². The highest BCUT2D eigenvalue weighted by molar-refractivity contribution is 6.42. The minimum absolute atomic E-state index is 0. The number of nitrogens with zero attached hydrogens (tertiary/aromatic N) is 2. The highest BCUT2D eigenvalue weighted by atomic mass is 35.5. The largest absolute Gasteiger partial charge is 0.341 e. The number of rotatable bonds is 4. The van der Waals surface area contributed by atoms with E-state index in [9.17, 15) is 9.59 Å². The Morgan fingerprint density at radius 1 is 1.11 bits per heavy atom. The molecule has 8 heteroatoms. The Balaban J connectivity index is 0.00000261. The van der Waals surface area contributed by atoms with E-state index >= 15 is 0 Å². The second-order valence-corrected chi connectivity index (χ2v) is 7.93. The van der Waals surface area contributed by atoms with Gasteiger partial charge in [0.15, 0.2) is 0 Å². The minimum atomic E-state index is -0.363. The molecule has 1 unspecified atom stereocenters. The predicted molar refractivity (Wildman–Crippen MR) is 111 cm³/mol. The van der Waals surface area contributed by atoms with E-state index in [4.69, 9.17) is 23.2 Å². The Morgan fingerprint density at radius 3 is 2.44 bits per heavy atom. The molecule has 0 saturated carbocycles. The molecule has 1 atom stereocenters. The van der Waals surface area contributed by atoms with Crippen molar-refractivity contribution < 1.29 is 9.59 Å². The molecule has 0 aromatic heterocycles. The van der Waals surface area contributed by atoms with E-state index < -0.39 is 0 Å². The van der Waals surface area contributed by atoms with Crippen LogP contribution in [0.1, 0.15) is 36.0 Å². The van der Waals surface area contributed by atoms with Gasteiger partial charge in [0.1, 0.15) is 6.04 Å². The van der Waals surface area contributed by atoms with Crippen molar-refractivity contribution in [3.8, 4) is 0 Å². The highest BCUT2D eigenvalue weighted by Crippen LogP contribution is 2.27. The van der Waals surface area contributed by atoms with Crippen molar-refractivity contribution in [3.63, 3.8) is 0 Å². The molecular formula is C19H26Cl3N3O2. The first-order valence-electron chi connectivity index (χ1n) is 9.20. The van der Waals surface area contributed by atoms with E-state index in [-0.39, 0.29) is 30.3 Å². The lowest BCUT2D eigenvalue weighted by molar-refractivity contribution is -0.136. The third-order valence-electron chi connectivity index (χ3n) is 5.38. The maximum atomic E-state index is 13.0. The first kappa shape index (κ1) is 22.3. The molecule has 1 N–H and O–H groups in total. The lowest BCUT2D eigenvalue weighted by atomic mass is 9.96. The highest BCUT2D eigenvalue weighted by Gasteiger charge is 2.37. The van der Waals surface area contributed by atoms with Gasteiger partial charge < -0.3 is 15.1 Å². The van der Waals surface area contributed by atoms with Crippen LogP contribution in [-0.4, -0.2) is 60.9 Å². The SMILES string of the molecule is CNCC1CCN(C(=O)C2CCCN2C(=O)c2ccc(Cl)c(Cl)c2)CC1.Cl. The van der Waals surface area contributed by atoms with Crippen molar-refractivity contribution in [3.05, 3.63) is 33.8 Å². The molecule has 3 rings (SSSR count). The average molecular weight is 435 g/mol. The van der Waals surface area contributed by atoms with Crippen LogP contribution in [0.5, 0.6) is 0 Å². The molecule has 2 aliphatic rings. The molecule has 1 aromatic carbocycles. The second kappa shape index (κ2) is 9.97. The van der Waals surface area contributed by atoms with Crippen molar-refractivity contribution in [1.29, 1.82) is 0 Å². The summed E-state index contributed by atoms with van der Waals surface area (Å²) in [7, 11) is 1.96. The molecule has 2 fully saturated rings. The van der Waals surface area contributed by atoms with Crippen molar-refractivity contribution in [2.24, 2.45) is 5.92 Å². The van der Waals surface area contributed by atoms with Gasteiger partial charge in [-0.2, -0.15) is 0 Å². The van der Waals surface area contributed by atoms with E-state index in [1.807, 2.05) is 11.9 Å². The van der Waals surface area contributed by atoms with Crippen LogP contribution >= 0.6 is 35.6 Å². The number of piperidine rings is 1. The molecule has 2 amide bonds. The van der Waals surface area contributed by atoms with Gasteiger partial charge in [-0.05, 0) is 63.4 Å². The van der Waals surface area contributed by atoms with Crippen LogP contribution in [0.3, 0.4) is 0 Å². The Bertz CT molecular complexity index is 678. The number of amides is 2. The van der Waals surface area contributed by atoms with Gasteiger partial charge in [-0.15, -0.1) is 12.4 Å². The lowest BCUT2D eigenvalue weighted by Crippen LogP contribution is -2.50. The molecule has 0 radical (unpaired) electrons. The van der Waals surface area contributed by atoms with Crippen molar-refractivity contribution >= 4 is 47.4 Å². The number of carbonyl (C=O) groups excluding carboxylic acids is 2. The summed E-state index contributed by atoms with van der Waals surface area (Å²) in [6, 6.07) is 4.50. The lowest BCUT2D eigenvalue weighted by Gasteiger charge is -2.35. The van der Waals surface area contributed by atoms with Gasteiger partial charge in [-0.3, -0.25) is 9.59 Å². The number of carbonyl (C=O) groups is 2. The van der Waals surface area contributed by atoms with Crippen molar-refractivity contribution in [1.82, 2.24) is 15.1 Å². The van der Waals surface area contributed by atoms with E-state index in [0.717, 1.165) is 45.3 Å². The van der Waals surface area contributed by atoms with Crippen LogP contribution in [0.4, 0.5) is 0 Å². The van der Waals surface area contributed by atoms with Gasteiger partial charge in [0.05, 0.1) is 10.0 Å². The van der Waals surface area contributed by atoms with Gasteiger partial charge >= 0.3 is 0 Å². The summed E-state index contributed by atoms with van der Waals surface area (Å²) in [5, 5.41) is 3.98. The number of nitrogens with one attached hydrogen (secondary N) is 1. The summed E-state index contributed by atoms with van der Waals surface area (Å²) in [5.41, 5.74) is 0.479. The molecule has 2 heterocycles. The fourth-order valence-electron chi connectivity index (χ4n) is 3.92. The third kappa shape index (κ3) is 5.08. The monoisotopic (exact) mass is 433 g/mol. The minimum Gasteiger partial charge on any atom is -0.341 e. The zero-order chi connectivity index (χ0) is 18.7. The summed E-state index contributed by atoms with van der Waals surface area (Å²) >= 11 is 12.0. The van der Waals surface area contributed by atoms with E-state index in [0.29, 0.717) is 28.1 Å². The smallest absolute Gasteiger partial charge is 0.254 e. The maximum Gasteiger partial charge on any atom is 0.254 e. The Morgan fingerprint density at radius 2 is 1.81 bits per heavy atom. The number of hydrogen-bond acceptors (Lipinski definition) is 3. The normalized spacial score (nSPS) is 20.5. The third-order valence-corrected chi connectivity index (χ3v) is 6.12. The van der Waals surface area contributed by atoms with Crippen LogP contribution in [0.15, 0.2) is 18.2 Å². The van der Waals surface area contributed by atoms with Gasteiger partial charge in [0, 0.05) is 25.2 Å². The molecule has 2 aliphatic heterocycles. The topological polar surface area (TPSA) is 52.7 Å². The van der Waals surface area contributed by atoms with Crippen LogP contribution in [0.2, 0.25) is 10.0 Å². The molecule has 0 spiro atoms. The molecular weight excluding hydrogens is 409 g/mol. The maximum absolute atomic E-state index is 13.0.